The van der Waals surface area contributed by atoms with E-state index >= 15 is 0 Å². The van der Waals surface area contributed by atoms with Crippen LogP contribution in [0.15, 0.2) is 42.7 Å². The van der Waals surface area contributed by atoms with Crippen LogP contribution in [0, 0.1) is 0 Å². The van der Waals surface area contributed by atoms with Crippen molar-refractivity contribution in [3.63, 3.8) is 0 Å². The third kappa shape index (κ3) is 2.10. The molecule has 0 bridgehead atoms. The molecule has 1 aliphatic rings. The number of rotatable bonds is 3. The van der Waals surface area contributed by atoms with Crippen molar-refractivity contribution in [1.82, 2.24) is 0 Å². The molecule has 0 aromatic heterocycles. The van der Waals surface area contributed by atoms with Crippen LogP contribution in [0.3, 0.4) is 0 Å². The fourth-order valence-corrected chi connectivity index (χ4v) is 1.62. The van der Waals surface area contributed by atoms with Gasteiger partial charge in [-0.3, -0.25) is 0 Å². The van der Waals surface area contributed by atoms with Crippen LogP contribution in [0.4, 0.5) is 0 Å². The molecular formula is C13H14O2. The Hall–Kier alpha value is -1.54. The normalized spacial score (nSPS) is 18.7. The molecule has 0 aliphatic carbocycles. The summed E-state index contributed by atoms with van der Waals surface area (Å²) in [4.78, 5) is 0. The van der Waals surface area contributed by atoms with Crippen LogP contribution >= 0.6 is 0 Å². The number of benzene rings is 1. The van der Waals surface area contributed by atoms with Crippen molar-refractivity contribution in [2.45, 2.75) is 13.2 Å². The minimum Gasteiger partial charge on any atom is -0.465 e. The Morgan fingerprint density at radius 2 is 2.27 bits per heavy atom. The molecule has 0 radical (unpaired) electrons. The van der Waals surface area contributed by atoms with E-state index in [4.69, 9.17) is 9.47 Å². The van der Waals surface area contributed by atoms with Crippen molar-refractivity contribution in [3.8, 4) is 0 Å². The van der Waals surface area contributed by atoms with Gasteiger partial charge in [0, 0.05) is 5.56 Å². The van der Waals surface area contributed by atoms with Gasteiger partial charge in [-0.05, 0) is 18.6 Å². The fourth-order valence-electron chi connectivity index (χ4n) is 1.62. The Morgan fingerprint density at radius 1 is 1.47 bits per heavy atom. The second kappa shape index (κ2) is 4.32. The standard InChI is InChI=1S/C13H14O2/c1-3-8-14-13-12-7-5-4-6-11(12)9-10(2)15-13/h3-7,9,13H,1,8H2,2H3/t13-/m0/s1. The Morgan fingerprint density at radius 3 is 3.07 bits per heavy atom. The second-order valence-corrected chi connectivity index (χ2v) is 3.46. The molecule has 2 nitrogen and oxygen atoms in total. The largest absolute Gasteiger partial charge is 0.465 e. The van der Waals surface area contributed by atoms with Crippen LogP contribution in [-0.2, 0) is 9.47 Å². The average Bonchev–Trinajstić information content (AvgIpc) is 2.25. The lowest BCUT2D eigenvalue weighted by molar-refractivity contribution is -0.112. The van der Waals surface area contributed by atoms with Crippen molar-refractivity contribution in [2.75, 3.05) is 6.61 Å². The van der Waals surface area contributed by atoms with Crippen LogP contribution in [0.2, 0.25) is 0 Å². The highest BCUT2D eigenvalue weighted by atomic mass is 16.7. The summed E-state index contributed by atoms with van der Waals surface area (Å²) in [6, 6.07) is 8.08. The number of hydrogen-bond acceptors (Lipinski definition) is 2. The highest BCUT2D eigenvalue weighted by Crippen LogP contribution is 2.31. The summed E-state index contributed by atoms with van der Waals surface area (Å²) >= 11 is 0. The van der Waals surface area contributed by atoms with Crippen molar-refractivity contribution < 1.29 is 9.47 Å². The highest BCUT2D eigenvalue weighted by Gasteiger charge is 2.20. The van der Waals surface area contributed by atoms with Crippen LogP contribution < -0.4 is 0 Å². The van der Waals surface area contributed by atoms with Crippen molar-refractivity contribution in [1.29, 1.82) is 0 Å². The van der Waals surface area contributed by atoms with Crippen LogP contribution in [0.1, 0.15) is 24.3 Å². The number of allylic oxidation sites excluding steroid dienone is 1. The van der Waals surface area contributed by atoms with E-state index in [1.807, 2.05) is 31.2 Å². The highest BCUT2D eigenvalue weighted by molar-refractivity contribution is 5.57. The summed E-state index contributed by atoms with van der Waals surface area (Å²) in [5.41, 5.74) is 2.24. The lowest BCUT2D eigenvalue weighted by Crippen LogP contribution is -2.12. The van der Waals surface area contributed by atoms with E-state index in [2.05, 4.69) is 12.6 Å². The molecule has 0 saturated heterocycles. The molecule has 1 atom stereocenters. The fraction of sp³-hybridized carbons (Fsp3) is 0.231. The summed E-state index contributed by atoms with van der Waals surface area (Å²) in [6.45, 7) is 6.05. The molecule has 2 heteroatoms. The van der Waals surface area contributed by atoms with Crippen LogP contribution in [0.25, 0.3) is 6.08 Å². The molecule has 0 spiro atoms. The lowest BCUT2D eigenvalue weighted by atomic mass is 10.0. The second-order valence-electron chi connectivity index (χ2n) is 3.46. The van der Waals surface area contributed by atoms with Crippen molar-refractivity contribution in [3.05, 3.63) is 53.8 Å². The summed E-state index contributed by atoms with van der Waals surface area (Å²) < 4.78 is 11.2. The zero-order chi connectivity index (χ0) is 10.7. The molecule has 0 unspecified atom stereocenters. The summed E-state index contributed by atoms with van der Waals surface area (Å²) in [7, 11) is 0. The van der Waals surface area contributed by atoms with Gasteiger partial charge >= 0.3 is 0 Å². The third-order valence-electron chi connectivity index (χ3n) is 2.27. The molecule has 78 valence electrons. The zero-order valence-corrected chi connectivity index (χ0v) is 8.77. The molecular weight excluding hydrogens is 188 g/mol. The van der Waals surface area contributed by atoms with Gasteiger partial charge < -0.3 is 9.47 Å². The predicted molar refractivity (Wildman–Crippen MR) is 60.1 cm³/mol. The maximum atomic E-state index is 5.61. The molecule has 1 heterocycles. The topological polar surface area (TPSA) is 18.5 Å². The van der Waals surface area contributed by atoms with Gasteiger partial charge in [-0.1, -0.05) is 30.3 Å². The van der Waals surface area contributed by atoms with Gasteiger partial charge in [0.15, 0.2) is 0 Å². The van der Waals surface area contributed by atoms with E-state index in [-0.39, 0.29) is 6.29 Å². The first-order chi connectivity index (χ1) is 7.31. The smallest absolute Gasteiger partial charge is 0.227 e. The van der Waals surface area contributed by atoms with Gasteiger partial charge in [-0.15, -0.1) is 6.58 Å². The predicted octanol–water partition coefficient (Wildman–Crippen LogP) is 3.28. The number of ether oxygens (including phenoxy) is 2. The van der Waals surface area contributed by atoms with Crippen molar-refractivity contribution in [2.24, 2.45) is 0 Å². The Bertz CT molecular complexity index is 393. The SMILES string of the molecule is C=CCO[C@H]1OC(C)=Cc2ccccc21. The molecule has 0 saturated carbocycles. The van der Waals surface area contributed by atoms with Crippen molar-refractivity contribution >= 4 is 6.08 Å². The van der Waals surface area contributed by atoms with E-state index in [1.165, 1.54) is 0 Å². The van der Waals surface area contributed by atoms with E-state index < -0.39 is 0 Å². The van der Waals surface area contributed by atoms with Crippen LogP contribution in [0.5, 0.6) is 0 Å². The molecule has 0 amide bonds. The van der Waals surface area contributed by atoms with E-state index in [1.54, 1.807) is 6.08 Å². The van der Waals surface area contributed by atoms with Gasteiger partial charge in [-0.25, -0.2) is 0 Å². The van der Waals surface area contributed by atoms with E-state index in [9.17, 15) is 0 Å². The minimum absolute atomic E-state index is 0.302. The quantitative estimate of drug-likeness (QED) is 0.700. The van der Waals surface area contributed by atoms with Gasteiger partial charge in [-0.2, -0.15) is 0 Å². The minimum atomic E-state index is -0.302. The average molecular weight is 202 g/mol. The van der Waals surface area contributed by atoms with E-state index in [0.29, 0.717) is 6.61 Å². The Kier molecular flexibility index (Phi) is 2.88. The van der Waals surface area contributed by atoms with Gasteiger partial charge in [0.2, 0.25) is 6.29 Å². The maximum absolute atomic E-state index is 5.61. The molecule has 1 aliphatic heterocycles. The lowest BCUT2D eigenvalue weighted by Gasteiger charge is -2.25. The molecule has 2 rings (SSSR count). The van der Waals surface area contributed by atoms with Crippen LogP contribution in [-0.4, -0.2) is 6.61 Å². The first-order valence-corrected chi connectivity index (χ1v) is 4.97. The number of hydrogen-bond donors (Lipinski definition) is 0. The monoisotopic (exact) mass is 202 g/mol. The molecule has 0 fully saturated rings. The first kappa shape index (κ1) is 9.99. The maximum Gasteiger partial charge on any atom is 0.227 e. The Balaban J connectivity index is 2.28. The molecule has 1 aromatic carbocycles. The number of fused-ring (bicyclic) bond motifs is 1. The third-order valence-corrected chi connectivity index (χ3v) is 2.27. The summed E-state index contributed by atoms with van der Waals surface area (Å²) in [6.07, 6.45) is 3.44. The first-order valence-electron chi connectivity index (χ1n) is 4.97. The molecule has 15 heavy (non-hydrogen) atoms. The zero-order valence-electron chi connectivity index (χ0n) is 8.77. The van der Waals surface area contributed by atoms with Gasteiger partial charge in [0.05, 0.1) is 12.4 Å². The molecule has 0 N–H and O–H groups in total. The summed E-state index contributed by atoms with van der Waals surface area (Å²) in [5.74, 6) is 0.878. The Labute approximate surface area is 89.8 Å². The molecule has 1 aromatic rings. The summed E-state index contributed by atoms with van der Waals surface area (Å²) in [5, 5.41) is 0. The van der Waals surface area contributed by atoms with Gasteiger partial charge in [0.25, 0.3) is 0 Å². The van der Waals surface area contributed by atoms with E-state index in [0.717, 1.165) is 16.9 Å². The van der Waals surface area contributed by atoms with Gasteiger partial charge in [0.1, 0.15) is 0 Å².